The average Bonchev–Trinajstić information content (AvgIpc) is 2.26. The second kappa shape index (κ2) is 7.29. The Morgan fingerprint density at radius 2 is 2.29 bits per heavy atom. The number of halogens is 1. The van der Waals surface area contributed by atoms with Gasteiger partial charge in [-0.05, 0) is 31.0 Å². The number of aliphatic hydroxyl groups excluding tert-OH is 1. The van der Waals surface area contributed by atoms with Crippen molar-refractivity contribution in [1.29, 1.82) is 0 Å². The van der Waals surface area contributed by atoms with E-state index in [9.17, 15) is 4.79 Å². The molecule has 1 atom stereocenters. The van der Waals surface area contributed by atoms with E-state index in [4.69, 9.17) is 5.11 Å². The van der Waals surface area contributed by atoms with Crippen LogP contribution in [0.25, 0.3) is 0 Å². The SMILES string of the molecule is CC(Cc1cccc(Br)c1)NC(=O)NCCO. The third kappa shape index (κ3) is 5.70. The first-order chi connectivity index (χ1) is 8.11. The Balaban J connectivity index is 2.39. The van der Waals surface area contributed by atoms with Gasteiger partial charge in [0.05, 0.1) is 6.61 Å². The molecule has 0 heterocycles. The van der Waals surface area contributed by atoms with Crippen LogP contribution in [0, 0.1) is 0 Å². The Hall–Kier alpha value is -1.07. The Kier molecular flexibility index (Phi) is 6.00. The molecule has 1 unspecified atom stereocenters. The molecule has 0 spiro atoms. The summed E-state index contributed by atoms with van der Waals surface area (Å²) in [7, 11) is 0. The van der Waals surface area contributed by atoms with Crippen molar-refractivity contribution in [2.24, 2.45) is 0 Å². The third-order valence-corrected chi connectivity index (χ3v) is 2.70. The number of carbonyl (C=O) groups is 1. The van der Waals surface area contributed by atoms with Crippen LogP contribution in [-0.2, 0) is 6.42 Å². The van der Waals surface area contributed by atoms with Crippen molar-refractivity contribution in [3.63, 3.8) is 0 Å². The lowest BCUT2D eigenvalue weighted by molar-refractivity contribution is 0.231. The van der Waals surface area contributed by atoms with E-state index >= 15 is 0 Å². The first-order valence-electron chi connectivity index (χ1n) is 5.51. The molecule has 0 aromatic heterocycles. The summed E-state index contributed by atoms with van der Waals surface area (Å²) in [4.78, 5) is 11.3. The van der Waals surface area contributed by atoms with E-state index in [2.05, 4.69) is 26.6 Å². The zero-order chi connectivity index (χ0) is 12.7. The number of amides is 2. The highest BCUT2D eigenvalue weighted by Gasteiger charge is 2.07. The Morgan fingerprint density at radius 3 is 2.94 bits per heavy atom. The zero-order valence-corrected chi connectivity index (χ0v) is 11.3. The van der Waals surface area contributed by atoms with Gasteiger partial charge >= 0.3 is 6.03 Å². The number of benzene rings is 1. The van der Waals surface area contributed by atoms with E-state index in [1.165, 1.54) is 0 Å². The summed E-state index contributed by atoms with van der Waals surface area (Å²) in [6.07, 6.45) is 0.770. The van der Waals surface area contributed by atoms with Crippen LogP contribution in [0.5, 0.6) is 0 Å². The predicted molar refractivity (Wildman–Crippen MR) is 70.9 cm³/mol. The zero-order valence-electron chi connectivity index (χ0n) is 9.74. The van der Waals surface area contributed by atoms with Crippen molar-refractivity contribution in [2.75, 3.05) is 13.2 Å². The largest absolute Gasteiger partial charge is 0.395 e. The van der Waals surface area contributed by atoms with Gasteiger partial charge in [0.1, 0.15) is 0 Å². The molecular weight excluding hydrogens is 284 g/mol. The number of urea groups is 1. The summed E-state index contributed by atoms with van der Waals surface area (Å²) in [5.74, 6) is 0. The van der Waals surface area contributed by atoms with Crippen molar-refractivity contribution in [3.8, 4) is 0 Å². The number of aliphatic hydroxyl groups is 1. The highest BCUT2D eigenvalue weighted by Crippen LogP contribution is 2.12. The van der Waals surface area contributed by atoms with Gasteiger partial charge < -0.3 is 15.7 Å². The number of carbonyl (C=O) groups excluding carboxylic acids is 1. The van der Waals surface area contributed by atoms with Crippen molar-refractivity contribution < 1.29 is 9.90 Å². The number of rotatable bonds is 5. The molecule has 0 saturated heterocycles. The van der Waals surface area contributed by atoms with Gasteiger partial charge in [-0.3, -0.25) is 0 Å². The molecule has 4 nitrogen and oxygen atoms in total. The minimum absolute atomic E-state index is 0.0444. The van der Waals surface area contributed by atoms with Crippen molar-refractivity contribution in [1.82, 2.24) is 10.6 Å². The first-order valence-corrected chi connectivity index (χ1v) is 6.31. The van der Waals surface area contributed by atoms with Crippen LogP contribution in [0.3, 0.4) is 0 Å². The molecule has 0 aliphatic rings. The monoisotopic (exact) mass is 300 g/mol. The summed E-state index contributed by atoms with van der Waals surface area (Å²) >= 11 is 3.41. The molecule has 2 amide bonds. The highest BCUT2D eigenvalue weighted by atomic mass is 79.9. The van der Waals surface area contributed by atoms with E-state index in [0.29, 0.717) is 0 Å². The van der Waals surface area contributed by atoms with Gasteiger partial charge in [0.2, 0.25) is 0 Å². The summed E-state index contributed by atoms with van der Waals surface area (Å²) in [6, 6.07) is 7.79. The van der Waals surface area contributed by atoms with Crippen LogP contribution in [0.15, 0.2) is 28.7 Å². The molecule has 1 aromatic carbocycles. The maximum Gasteiger partial charge on any atom is 0.315 e. The topological polar surface area (TPSA) is 61.4 Å². The van der Waals surface area contributed by atoms with E-state index < -0.39 is 0 Å². The Bertz CT molecular complexity index is 371. The van der Waals surface area contributed by atoms with Gasteiger partial charge in [-0.2, -0.15) is 0 Å². The molecule has 0 aliphatic heterocycles. The van der Waals surface area contributed by atoms with Crippen molar-refractivity contribution in [3.05, 3.63) is 34.3 Å². The predicted octanol–water partition coefficient (Wildman–Crippen LogP) is 1.67. The molecule has 0 bridgehead atoms. The minimum Gasteiger partial charge on any atom is -0.395 e. The Morgan fingerprint density at radius 1 is 1.53 bits per heavy atom. The molecule has 5 heteroatoms. The van der Waals surface area contributed by atoms with E-state index in [-0.39, 0.29) is 25.2 Å². The molecule has 0 saturated carbocycles. The van der Waals surface area contributed by atoms with E-state index in [0.717, 1.165) is 16.5 Å². The second-order valence-corrected chi connectivity index (χ2v) is 4.77. The summed E-state index contributed by atoms with van der Waals surface area (Å²) in [5.41, 5.74) is 1.16. The lowest BCUT2D eigenvalue weighted by Gasteiger charge is -2.14. The summed E-state index contributed by atoms with van der Waals surface area (Å²) < 4.78 is 1.03. The molecule has 17 heavy (non-hydrogen) atoms. The number of hydrogen-bond acceptors (Lipinski definition) is 2. The average molecular weight is 301 g/mol. The van der Waals surface area contributed by atoms with Crippen molar-refractivity contribution in [2.45, 2.75) is 19.4 Å². The third-order valence-electron chi connectivity index (χ3n) is 2.21. The standard InChI is InChI=1S/C12H17BrN2O2/c1-9(15-12(17)14-5-6-16)7-10-3-2-4-11(13)8-10/h2-4,8-9,16H,5-7H2,1H3,(H2,14,15,17). The molecule has 0 radical (unpaired) electrons. The molecule has 0 aliphatic carbocycles. The first kappa shape index (κ1) is 14.0. The fourth-order valence-corrected chi connectivity index (χ4v) is 1.96. The van der Waals surface area contributed by atoms with Gasteiger partial charge in [0, 0.05) is 17.1 Å². The molecule has 0 fully saturated rings. The summed E-state index contributed by atoms with van der Waals surface area (Å²) in [5, 5.41) is 13.9. The normalized spacial score (nSPS) is 11.9. The smallest absolute Gasteiger partial charge is 0.315 e. The van der Waals surface area contributed by atoms with E-state index in [1.54, 1.807) is 0 Å². The fourth-order valence-electron chi connectivity index (χ4n) is 1.51. The fraction of sp³-hybridized carbons (Fsp3) is 0.417. The van der Waals surface area contributed by atoms with Crippen LogP contribution in [0.4, 0.5) is 4.79 Å². The molecule has 1 aromatic rings. The second-order valence-electron chi connectivity index (χ2n) is 3.86. The maximum absolute atomic E-state index is 11.3. The van der Waals surface area contributed by atoms with Gasteiger partial charge in [-0.15, -0.1) is 0 Å². The number of nitrogens with one attached hydrogen (secondary N) is 2. The molecule has 1 rings (SSSR count). The molecule has 94 valence electrons. The van der Waals surface area contributed by atoms with Crippen molar-refractivity contribution >= 4 is 22.0 Å². The van der Waals surface area contributed by atoms with Gasteiger partial charge in [-0.1, -0.05) is 28.1 Å². The number of hydrogen-bond donors (Lipinski definition) is 3. The van der Waals surface area contributed by atoms with Crippen LogP contribution < -0.4 is 10.6 Å². The van der Waals surface area contributed by atoms with Gasteiger partial charge in [-0.25, -0.2) is 4.79 Å². The van der Waals surface area contributed by atoms with E-state index in [1.807, 2.05) is 31.2 Å². The maximum atomic E-state index is 11.3. The summed E-state index contributed by atoms with van der Waals surface area (Å²) in [6.45, 7) is 2.17. The molecule has 3 N–H and O–H groups in total. The van der Waals surface area contributed by atoms with Crippen LogP contribution in [0.1, 0.15) is 12.5 Å². The minimum atomic E-state index is -0.249. The van der Waals surface area contributed by atoms with Gasteiger partial charge in [0.15, 0.2) is 0 Å². The van der Waals surface area contributed by atoms with Crippen LogP contribution in [0.2, 0.25) is 0 Å². The Labute approximate surface area is 110 Å². The van der Waals surface area contributed by atoms with Gasteiger partial charge in [0.25, 0.3) is 0 Å². The quantitative estimate of drug-likeness (QED) is 0.775. The van der Waals surface area contributed by atoms with Crippen LogP contribution >= 0.6 is 15.9 Å². The molecular formula is C12H17BrN2O2. The lowest BCUT2D eigenvalue weighted by Crippen LogP contribution is -2.42. The van der Waals surface area contributed by atoms with Crippen LogP contribution in [-0.4, -0.2) is 30.3 Å². The highest BCUT2D eigenvalue weighted by molar-refractivity contribution is 9.10. The lowest BCUT2D eigenvalue weighted by atomic mass is 10.1.